The minimum absolute atomic E-state index is 0.0724. The van der Waals surface area contributed by atoms with Gasteiger partial charge in [0.2, 0.25) is 5.91 Å². The number of ether oxygens (including phenoxy) is 1. The smallest absolute Gasteiger partial charge is 0.378 e. The zero-order valence-electron chi connectivity index (χ0n) is 18.2. The number of nitrogens with zero attached hydrogens (tertiary/aromatic N) is 3. The maximum Gasteiger partial charge on any atom is 0.416 e. The van der Waals surface area contributed by atoms with Crippen molar-refractivity contribution in [2.45, 2.75) is 25.6 Å². The lowest BCUT2D eigenvalue weighted by molar-refractivity contribution is -0.138. The average molecular weight is 466 g/mol. The van der Waals surface area contributed by atoms with Crippen LogP contribution in [0.15, 0.2) is 35.5 Å². The summed E-state index contributed by atoms with van der Waals surface area (Å²) in [5.41, 5.74) is 0.433. The highest BCUT2D eigenvalue weighted by Crippen LogP contribution is 2.37. The van der Waals surface area contributed by atoms with Gasteiger partial charge in [0, 0.05) is 32.6 Å². The van der Waals surface area contributed by atoms with Crippen molar-refractivity contribution < 1.29 is 32.3 Å². The van der Waals surface area contributed by atoms with E-state index in [0.717, 1.165) is 12.1 Å². The molecule has 0 unspecified atom stereocenters. The van der Waals surface area contributed by atoms with Crippen LogP contribution < -0.4 is 5.32 Å². The predicted molar refractivity (Wildman–Crippen MR) is 111 cm³/mol. The topological polar surface area (TPSA) is 82.2 Å². The van der Waals surface area contributed by atoms with Crippen LogP contribution in [-0.4, -0.2) is 78.5 Å². The van der Waals surface area contributed by atoms with Crippen LogP contribution >= 0.6 is 0 Å². The maximum atomic E-state index is 13.3. The third-order valence-corrected chi connectivity index (χ3v) is 6.14. The van der Waals surface area contributed by atoms with Crippen LogP contribution in [0.4, 0.5) is 18.0 Å². The Kier molecular flexibility index (Phi) is 6.33. The molecule has 1 aromatic carbocycles. The Labute approximate surface area is 188 Å². The molecule has 4 amide bonds. The summed E-state index contributed by atoms with van der Waals surface area (Å²) >= 11 is 0. The summed E-state index contributed by atoms with van der Waals surface area (Å²) in [6, 6.07) is 3.15. The molecule has 0 spiro atoms. The second kappa shape index (κ2) is 9.05. The fraction of sp³-hybridized carbons (Fsp3) is 0.500. The van der Waals surface area contributed by atoms with Gasteiger partial charge in [-0.1, -0.05) is 12.1 Å². The maximum absolute atomic E-state index is 13.3. The zero-order chi connectivity index (χ0) is 23.8. The number of hydrogen-bond acceptors (Lipinski definition) is 4. The first kappa shape index (κ1) is 23.1. The van der Waals surface area contributed by atoms with E-state index in [4.69, 9.17) is 4.74 Å². The van der Waals surface area contributed by atoms with E-state index in [9.17, 15) is 27.6 Å². The second-order valence-electron chi connectivity index (χ2n) is 8.08. The normalized spacial score (nSPS) is 21.5. The number of likely N-dealkylation sites (N-methyl/N-ethyl adjacent to an activating group) is 1. The molecule has 0 radical (unpaired) electrons. The fourth-order valence-electron chi connectivity index (χ4n) is 4.38. The number of hydrogen-bond donors (Lipinski definition) is 1. The lowest BCUT2D eigenvalue weighted by Gasteiger charge is -2.33. The molecule has 0 aliphatic carbocycles. The highest BCUT2D eigenvalue weighted by molar-refractivity contribution is 6.01. The van der Waals surface area contributed by atoms with Crippen molar-refractivity contribution >= 4 is 17.8 Å². The Balaban J connectivity index is 1.53. The van der Waals surface area contributed by atoms with Gasteiger partial charge in [0.05, 0.1) is 42.6 Å². The molecular formula is C22H25F3N4O4. The van der Waals surface area contributed by atoms with E-state index < -0.39 is 23.8 Å². The van der Waals surface area contributed by atoms with Gasteiger partial charge in [-0.25, -0.2) is 4.79 Å². The summed E-state index contributed by atoms with van der Waals surface area (Å²) in [7, 11) is 0. The van der Waals surface area contributed by atoms with Crippen LogP contribution in [0, 0.1) is 0 Å². The van der Waals surface area contributed by atoms with E-state index in [2.05, 4.69) is 5.32 Å². The summed E-state index contributed by atoms with van der Waals surface area (Å²) in [6.07, 6.45) is -4.34. The molecule has 1 atom stereocenters. The number of rotatable bonds is 5. The fourth-order valence-corrected chi connectivity index (χ4v) is 4.38. The first-order chi connectivity index (χ1) is 15.7. The van der Waals surface area contributed by atoms with Gasteiger partial charge in [0.25, 0.3) is 5.91 Å². The SMILES string of the molecule is CCN1C(=O)N[C@H](c2ccc(C(F)(F)F)cc2)C2=C1CN(CCC(=O)N1CCOCC1)C2=O. The predicted octanol–water partition coefficient (Wildman–Crippen LogP) is 2.14. The summed E-state index contributed by atoms with van der Waals surface area (Å²) in [4.78, 5) is 43.1. The van der Waals surface area contributed by atoms with E-state index >= 15 is 0 Å². The molecule has 33 heavy (non-hydrogen) atoms. The van der Waals surface area contributed by atoms with E-state index in [1.165, 1.54) is 21.9 Å². The first-order valence-corrected chi connectivity index (χ1v) is 10.8. The van der Waals surface area contributed by atoms with Gasteiger partial charge in [-0.2, -0.15) is 13.2 Å². The van der Waals surface area contributed by atoms with E-state index in [1.807, 2.05) is 0 Å². The Hall–Kier alpha value is -3.08. The number of morpholine rings is 1. The molecule has 11 heteroatoms. The number of carbonyl (C=O) groups excluding carboxylic acids is 3. The molecule has 1 saturated heterocycles. The molecule has 3 aliphatic rings. The molecule has 8 nitrogen and oxygen atoms in total. The molecule has 0 aromatic heterocycles. The summed E-state index contributed by atoms with van der Waals surface area (Å²) in [6.45, 7) is 4.46. The van der Waals surface area contributed by atoms with Gasteiger partial charge in [-0.15, -0.1) is 0 Å². The van der Waals surface area contributed by atoms with Crippen LogP contribution in [0.25, 0.3) is 0 Å². The molecule has 1 aromatic rings. The van der Waals surface area contributed by atoms with Crippen molar-refractivity contribution in [2.24, 2.45) is 0 Å². The Morgan fingerprint density at radius 2 is 1.82 bits per heavy atom. The Bertz CT molecular complexity index is 971. The van der Waals surface area contributed by atoms with Gasteiger partial charge in [0.1, 0.15) is 0 Å². The van der Waals surface area contributed by atoms with Crippen molar-refractivity contribution in [1.29, 1.82) is 0 Å². The molecule has 0 saturated carbocycles. The van der Waals surface area contributed by atoms with Gasteiger partial charge >= 0.3 is 12.2 Å². The molecule has 0 bridgehead atoms. The van der Waals surface area contributed by atoms with Gasteiger partial charge in [0.15, 0.2) is 0 Å². The lowest BCUT2D eigenvalue weighted by atomic mass is 9.94. The first-order valence-electron chi connectivity index (χ1n) is 10.8. The number of benzene rings is 1. The number of alkyl halides is 3. The third-order valence-electron chi connectivity index (χ3n) is 6.14. The Morgan fingerprint density at radius 3 is 2.42 bits per heavy atom. The summed E-state index contributed by atoms with van der Waals surface area (Å²) in [5, 5.41) is 2.74. The highest BCUT2D eigenvalue weighted by atomic mass is 19.4. The summed E-state index contributed by atoms with van der Waals surface area (Å²) in [5.74, 6) is -0.403. The molecule has 3 aliphatic heterocycles. The van der Waals surface area contributed by atoms with Crippen LogP contribution in [0.3, 0.4) is 0 Å². The minimum Gasteiger partial charge on any atom is -0.378 e. The minimum atomic E-state index is -4.48. The van der Waals surface area contributed by atoms with Gasteiger partial charge in [-0.3, -0.25) is 14.5 Å². The van der Waals surface area contributed by atoms with Crippen molar-refractivity contribution in [1.82, 2.24) is 20.0 Å². The number of carbonyl (C=O) groups is 3. The zero-order valence-corrected chi connectivity index (χ0v) is 18.2. The van der Waals surface area contributed by atoms with Crippen LogP contribution in [0.2, 0.25) is 0 Å². The van der Waals surface area contributed by atoms with E-state index in [-0.39, 0.29) is 31.3 Å². The van der Waals surface area contributed by atoms with Crippen LogP contribution in [-0.2, 0) is 20.5 Å². The highest BCUT2D eigenvalue weighted by Gasteiger charge is 2.43. The molecule has 1 fully saturated rings. The molecule has 1 N–H and O–H groups in total. The van der Waals surface area contributed by atoms with Crippen molar-refractivity contribution in [3.63, 3.8) is 0 Å². The van der Waals surface area contributed by atoms with Crippen molar-refractivity contribution in [3.8, 4) is 0 Å². The molecule has 4 rings (SSSR count). The third kappa shape index (κ3) is 4.54. The van der Waals surface area contributed by atoms with Crippen molar-refractivity contribution in [3.05, 3.63) is 46.7 Å². The molecule has 178 valence electrons. The quantitative estimate of drug-likeness (QED) is 0.721. The van der Waals surface area contributed by atoms with Gasteiger partial charge in [-0.05, 0) is 24.6 Å². The Morgan fingerprint density at radius 1 is 1.15 bits per heavy atom. The standard InChI is InChI=1S/C22H25F3N4O4/c1-2-29-16-13-28(8-7-17(30)27-9-11-33-12-10-27)20(31)18(16)19(26-21(29)32)14-3-5-15(6-4-14)22(23,24)25/h3-6,19H,2,7-13H2,1H3,(H,26,32)/t19-/m1/s1. The number of nitrogens with one attached hydrogen (secondary N) is 1. The number of urea groups is 1. The number of amides is 4. The number of halogens is 3. The monoisotopic (exact) mass is 466 g/mol. The second-order valence-corrected chi connectivity index (χ2v) is 8.08. The molecule has 3 heterocycles. The largest absolute Gasteiger partial charge is 0.416 e. The van der Waals surface area contributed by atoms with E-state index in [0.29, 0.717) is 49.7 Å². The van der Waals surface area contributed by atoms with Crippen LogP contribution in [0.1, 0.15) is 30.5 Å². The lowest BCUT2D eigenvalue weighted by Crippen LogP contribution is -2.47. The van der Waals surface area contributed by atoms with Gasteiger partial charge < -0.3 is 19.9 Å². The molecular weight excluding hydrogens is 441 g/mol. The summed E-state index contributed by atoms with van der Waals surface area (Å²) < 4.78 is 44.1. The van der Waals surface area contributed by atoms with E-state index in [1.54, 1.807) is 11.8 Å². The van der Waals surface area contributed by atoms with Crippen molar-refractivity contribution in [2.75, 3.05) is 45.9 Å². The average Bonchev–Trinajstić information content (AvgIpc) is 3.13. The van der Waals surface area contributed by atoms with Crippen LogP contribution in [0.5, 0.6) is 0 Å².